The molecule has 0 amide bonds. The molecule has 0 aliphatic heterocycles. The van der Waals surface area contributed by atoms with Gasteiger partial charge in [-0.05, 0) is 24.6 Å². The van der Waals surface area contributed by atoms with Crippen LogP contribution in [0, 0.1) is 6.92 Å². The van der Waals surface area contributed by atoms with Crippen LogP contribution in [0.2, 0.25) is 0 Å². The molecule has 1 rings (SSSR count). The molecule has 0 spiro atoms. The number of nitrogens with zero attached hydrogens (tertiary/aromatic N) is 2. The fraction of sp³-hybridized carbons (Fsp3) is 0.333. The predicted octanol–water partition coefficient (Wildman–Crippen LogP) is 0.987. The van der Waals surface area contributed by atoms with Crippen molar-refractivity contribution in [3.05, 3.63) is 29.4 Å². The first-order valence-electron chi connectivity index (χ1n) is 3.78. The third kappa shape index (κ3) is 1.61. The number of aromatic nitrogens is 1. The molecule has 0 saturated heterocycles. The molecule has 0 radical (unpaired) electrons. The molecule has 0 fully saturated rings. The Morgan fingerprint density at radius 1 is 1.58 bits per heavy atom. The first-order chi connectivity index (χ1) is 5.65. The summed E-state index contributed by atoms with van der Waals surface area (Å²) in [7, 11) is 1.67. The van der Waals surface area contributed by atoms with E-state index in [1.807, 2.05) is 19.1 Å². The molecular weight excluding hydrogens is 152 g/mol. The maximum Gasteiger partial charge on any atom is 0.229 e. The molecule has 64 valence electrons. The average Bonchev–Trinajstić information content (AvgIpc) is 2.03. The van der Waals surface area contributed by atoms with E-state index in [0.29, 0.717) is 5.49 Å². The van der Waals surface area contributed by atoms with Crippen LogP contribution in [-0.4, -0.2) is 17.5 Å². The van der Waals surface area contributed by atoms with E-state index in [1.165, 1.54) is 11.5 Å². The largest absolute Gasteiger partial charge is 0.274 e. The van der Waals surface area contributed by atoms with Crippen LogP contribution in [0.5, 0.6) is 0 Å². The monoisotopic (exact) mass is 164 g/mol. The number of carbonyl (C=O) groups excluding carboxylic acids is 1. The van der Waals surface area contributed by atoms with Crippen molar-refractivity contribution >= 4 is 5.91 Å². The second-order valence-corrected chi connectivity index (χ2v) is 2.67. The minimum atomic E-state index is -0.0180. The van der Waals surface area contributed by atoms with Gasteiger partial charge in [0.2, 0.25) is 5.91 Å². The highest BCUT2D eigenvalue weighted by Crippen LogP contribution is 1.90. The Labute approximate surface area is 71.4 Å². The summed E-state index contributed by atoms with van der Waals surface area (Å²) in [5.41, 5.74) is 1.80. The molecule has 0 bridgehead atoms. The van der Waals surface area contributed by atoms with Crippen LogP contribution in [-0.2, 0) is 0 Å². The zero-order valence-corrected chi connectivity index (χ0v) is 7.53. The van der Waals surface area contributed by atoms with Crippen molar-refractivity contribution in [2.24, 2.45) is 4.99 Å². The van der Waals surface area contributed by atoms with Crippen molar-refractivity contribution in [3.8, 4) is 0 Å². The fourth-order valence-electron chi connectivity index (χ4n) is 1.03. The van der Waals surface area contributed by atoms with Crippen LogP contribution < -0.4 is 5.49 Å². The van der Waals surface area contributed by atoms with Crippen molar-refractivity contribution in [3.63, 3.8) is 0 Å². The molecule has 3 nitrogen and oxygen atoms in total. The molecule has 12 heavy (non-hydrogen) atoms. The Bertz CT molecular complexity index is 363. The Morgan fingerprint density at radius 2 is 2.25 bits per heavy atom. The van der Waals surface area contributed by atoms with Gasteiger partial charge in [-0.15, -0.1) is 0 Å². The van der Waals surface area contributed by atoms with Crippen LogP contribution in [0.1, 0.15) is 17.3 Å². The number of pyridine rings is 1. The molecule has 3 heteroatoms. The van der Waals surface area contributed by atoms with Crippen molar-refractivity contribution in [2.45, 2.75) is 13.8 Å². The number of hydrogen-bond acceptors (Lipinski definition) is 2. The Balaban J connectivity index is 3.41. The standard InChI is InChI=1S/C9H12N2O/c1-7-4-5-11(8(2)12)9(6-7)10-3/h4-6H,1-3H3/b10-9-. The van der Waals surface area contributed by atoms with Crippen LogP contribution in [0.4, 0.5) is 0 Å². The topological polar surface area (TPSA) is 34.4 Å². The van der Waals surface area contributed by atoms with Crippen LogP contribution in [0.3, 0.4) is 0 Å². The quantitative estimate of drug-likeness (QED) is 0.563. The van der Waals surface area contributed by atoms with E-state index in [0.717, 1.165) is 5.56 Å². The Kier molecular flexibility index (Phi) is 2.43. The molecule has 1 aromatic rings. The SMILES string of the molecule is C/N=c1/cc(C)ccn1C(C)=O. The third-order valence-electron chi connectivity index (χ3n) is 1.66. The fourth-order valence-corrected chi connectivity index (χ4v) is 1.03. The van der Waals surface area contributed by atoms with Gasteiger partial charge in [-0.25, -0.2) is 0 Å². The maximum absolute atomic E-state index is 11.0. The number of carbonyl (C=O) groups is 1. The van der Waals surface area contributed by atoms with E-state index < -0.39 is 0 Å². The van der Waals surface area contributed by atoms with E-state index in [-0.39, 0.29) is 5.91 Å². The maximum atomic E-state index is 11.0. The summed E-state index contributed by atoms with van der Waals surface area (Å²) in [4.78, 5) is 15.0. The summed E-state index contributed by atoms with van der Waals surface area (Å²) in [6.45, 7) is 3.49. The Hall–Kier alpha value is -1.38. The van der Waals surface area contributed by atoms with Gasteiger partial charge in [0.15, 0.2) is 0 Å². The van der Waals surface area contributed by atoms with Gasteiger partial charge in [0.1, 0.15) is 5.49 Å². The second-order valence-electron chi connectivity index (χ2n) is 2.67. The van der Waals surface area contributed by atoms with Crippen molar-refractivity contribution in [2.75, 3.05) is 7.05 Å². The van der Waals surface area contributed by atoms with Gasteiger partial charge >= 0.3 is 0 Å². The lowest BCUT2D eigenvalue weighted by Gasteiger charge is -2.01. The minimum Gasteiger partial charge on any atom is -0.274 e. The molecule has 0 aliphatic carbocycles. The second kappa shape index (κ2) is 3.34. The highest BCUT2D eigenvalue weighted by molar-refractivity contribution is 5.75. The van der Waals surface area contributed by atoms with Gasteiger partial charge < -0.3 is 0 Å². The van der Waals surface area contributed by atoms with Gasteiger partial charge in [-0.2, -0.15) is 0 Å². The van der Waals surface area contributed by atoms with E-state index in [2.05, 4.69) is 4.99 Å². The van der Waals surface area contributed by atoms with Gasteiger partial charge in [0, 0.05) is 20.2 Å². The summed E-state index contributed by atoms with van der Waals surface area (Å²) in [6, 6.07) is 3.76. The van der Waals surface area contributed by atoms with E-state index in [9.17, 15) is 4.79 Å². The highest BCUT2D eigenvalue weighted by Gasteiger charge is 1.96. The summed E-state index contributed by atoms with van der Waals surface area (Å²) >= 11 is 0. The molecular formula is C9H12N2O. The molecule has 1 aromatic heterocycles. The summed E-state index contributed by atoms with van der Waals surface area (Å²) in [5, 5.41) is 0. The third-order valence-corrected chi connectivity index (χ3v) is 1.66. The van der Waals surface area contributed by atoms with Crippen molar-refractivity contribution < 1.29 is 4.79 Å². The van der Waals surface area contributed by atoms with E-state index in [4.69, 9.17) is 0 Å². The molecule has 0 aliphatic rings. The smallest absolute Gasteiger partial charge is 0.229 e. The van der Waals surface area contributed by atoms with Crippen LogP contribution in [0.15, 0.2) is 23.3 Å². The summed E-state index contributed by atoms with van der Waals surface area (Å²) in [6.07, 6.45) is 1.74. The molecule has 0 saturated carbocycles. The normalized spacial score (nSPS) is 11.8. The Morgan fingerprint density at radius 3 is 2.75 bits per heavy atom. The van der Waals surface area contributed by atoms with Gasteiger partial charge in [0.05, 0.1) is 0 Å². The highest BCUT2D eigenvalue weighted by atomic mass is 16.1. The van der Waals surface area contributed by atoms with Crippen LogP contribution >= 0.6 is 0 Å². The summed E-state index contributed by atoms with van der Waals surface area (Å²) < 4.78 is 1.52. The zero-order chi connectivity index (χ0) is 9.14. The van der Waals surface area contributed by atoms with Crippen LogP contribution in [0.25, 0.3) is 0 Å². The van der Waals surface area contributed by atoms with Gasteiger partial charge in [0.25, 0.3) is 0 Å². The number of aryl methyl sites for hydroxylation is 1. The van der Waals surface area contributed by atoms with Crippen molar-refractivity contribution in [1.29, 1.82) is 0 Å². The average molecular weight is 164 g/mol. The van der Waals surface area contributed by atoms with Gasteiger partial charge in [-0.1, -0.05) is 0 Å². The first kappa shape index (κ1) is 8.71. The number of hydrogen-bond donors (Lipinski definition) is 0. The van der Waals surface area contributed by atoms with E-state index in [1.54, 1.807) is 13.2 Å². The molecule has 0 N–H and O–H groups in total. The first-order valence-corrected chi connectivity index (χ1v) is 3.78. The minimum absolute atomic E-state index is 0.0180. The lowest BCUT2D eigenvalue weighted by molar-refractivity contribution is 0.0931. The van der Waals surface area contributed by atoms with Crippen molar-refractivity contribution in [1.82, 2.24) is 4.57 Å². The van der Waals surface area contributed by atoms with E-state index >= 15 is 0 Å². The molecule has 0 atom stereocenters. The summed E-state index contributed by atoms with van der Waals surface area (Å²) in [5.74, 6) is -0.0180. The molecule has 0 aromatic carbocycles. The molecule has 1 heterocycles. The van der Waals surface area contributed by atoms with Gasteiger partial charge in [-0.3, -0.25) is 14.4 Å². The number of rotatable bonds is 0. The zero-order valence-electron chi connectivity index (χ0n) is 7.53. The lowest BCUT2D eigenvalue weighted by atomic mass is 10.3. The lowest BCUT2D eigenvalue weighted by Crippen LogP contribution is -2.24. The predicted molar refractivity (Wildman–Crippen MR) is 47.0 cm³/mol. The molecule has 0 unspecified atom stereocenters.